The van der Waals surface area contributed by atoms with Gasteiger partial charge in [-0.1, -0.05) is 33.6 Å². The van der Waals surface area contributed by atoms with Gasteiger partial charge in [-0.2, -0.15) is 0 Å². The Balaban J connectivity index is 4.40. The standard InChI is InChI=1S/C16H30O3/c1-15(2,3)13(11-9-7-8-10-12-17)14(18)19-16(4,5)6/h12-13H,7-11H2,1-6H3. The molecule has 0 saturated carbocycles. The summed E-state index contributed by atoms with van der Waals surface area (Å²) in [6.07, 6.45) is 5.27. The van der Waals surface area contributed by atoms with Crippen LogP contribution in [-0.2, 0) is 14.3 Å². The molecule has 0 fully saturated rings. The van der Waals surface area contributed by atoms with Crippen LogP contribution in [0.3, 0.4) is 0 Å². The molecule has 0 amide bonds. The zero-order valence-electron chi connectivity index (χ0n) is 13.4. The molecule has 0 aliphatic rings. The molecule has 3 nitrogen and oxygen atoms in total. The lowest BCUT2D eigenvalue weighted by Gasteiger charge is -2.32. The lowest BCUT2D eigenvalue weighted by atomic mass is 9.77. The number of esters is 1. The highest BCUT2D eigenvalue weighted by Crippen LogP contribution is 2.32. The summed E-state index contributed by atoms with van der Waals surface area (Å²) in [6.45, 7) is 11.9. The molecule has 0 aliphatic heterocycles. The summed E-state index contributed by atoms with van der Waals surface area (Å²) in [5, 5.41) is 0. The highest BCUT2D eigenvalue weighted by Gasteiger charge is 2.34. The van der Waals surface area contributed by atoms with Crippen LogP contribution in [0.15, 0.2) is 0 Å². The van der Waals surface area contributed by atoms with Gasteiger partial charge in [-0.05, 0) is 39.0 Å². The van der Waals surface area contributed by atoms with Gasteiger partial charge in [0.15, 0.2) is 0 Å². The van der Waals surface area contributed by atoms with Crippen molar-refractivity contribution in [3.05, 3.63) is 0 Å². The molecular weight excluding hydrogens is 240 g/mol. The molecule has 112 valence electrons. The van der Waals surface area contributed by atoms with E-state index < -0.39 is 5.60 Å². The fourth-order valence-corrected chi connectivity index (χ4v) is 2.03. The highest BCUT2D eigenvalue weighted by atomic mass is 16.6. The third kappa shape index (κ3) is 8.79. The fourth-order valence-electron chi connectivity index (χ4n) is 2.03. The molecule has 0 aliphatic carbocycles. The van der Waals surface area contributed by atoms with Crippen molar-refractivity contribution in [1.82, 2.24) is 0 Å². The molecule has 0 aromatic rings. The predicted octanol–water partition coefficient (Wildman–Crippen LogP) is 4.14. The molecular formula is C16H30O3. The summed E-state index contributed by atoms with van der Waals surface area (Å²) in [5.74, 6) is -0.182. The van der Waals surface area contributed by atoms with Crippen LogP contribution in [0.4, 0.5) is 0 Å². The van der Waals surface area contributed by atoms with Gasteiger partial charge < -0.3 is 9.53 Å². The maximum Gasteiger partial charge on any atom is 0.309 e. The van der Waals surface area contributed by atoms with Gasteiger partial charge in [0.1, 0.15) is 11.9 Å². The molecule has 0 spiro atoms. The van der Waals surface area contributed by atoms with Crippen molar-refractivity contribution in [1.29, 1.82) is 0 Å². The van der Waals surface area contributed by atoms with Gasteiger partial charge in [0.05, 0.1) is 5.92 Å². The van der Waals surface area contributed by atoms with Gasteiger partial charge in [-0.15, -0.1) is 0 Å². The van der Waals surface area contributed by atoms with Crippen LogP contribution >= 0.6 is 0 Å². The number of carbonyl (C=O) groups excluding carboxylic acids is 2. The molecule has 0 aromatic carbocycles. The van der Waals surface area contributed by atoms with Crippen LogP contribution < -0.4 is 0 Å². The monoisotopic (exact) mass is 270 g/mol. The second-order valence-electron chi connectivity index (χ2n) is 7.26. The maximum absolute atomic E-state index is 12.2. The average molecular weight is 270 g/mol. The molecule has 1 unspecified atom stereocenters. The minimum absolute atomic E-state index is 0.0806. The molecule has 0 bridgehead atoms. The largest absolute Gasteiger partial charge is 0.460 e. The van der Waals surface area contributed by atoms with Crippen LogP contribution in [0.2, 0.25) is 0 Å². The third-order valence-electron chi connectivity index (χ3n) is 3.05. The summed E-state index contributed by atoms with van der Waals surface area (Å²) in [4.78, 5) is 22.5. The molecule has 0 saturated heterocycles. The highest BCUT2D eigenvalue weighted by molar-refractivity contribution is 5.73. The number of carbonyl (C=O) groups is 2. The van der Waals surface area contributed by atoms with E-state index in [9.17, 15) is 9.59 Å². The van der Waals surface area contributed by atoms with Gasteiger partial charge in [-0.25, -0.2) is 0 Å². The van der Waals surface area contributed by atoms with Crippen molar-refractivity contribution < 1.29 is 14.3 Å². The molecule has 19 heavy (non-hydrogen) atoms. The number of rotatable bonds is 7. The minimum atomic E-state index is -0.432. The van der Waals surface area contributed by atoms with Gasteiger partial charge in [0, 0.05) is 6.42 Å². The summed E-state index contributed by atoms with van der Waals surface area (Å²) >= 11 is 0. The Morgan fingerprint density at radius 2 is 1.63 bits per heavy atom. The van der Waals surface area contributed by atoms with Crippen molar-refractivity contribution in [2.75, 3.05) is 0 Å². The Bertz CT molecular complexity index is 281. The molecule has 0 N–H and O–H groups in total. The third-order valence-corrected chi connectivity index (χ3v) is 3.05. The first kappa shape index (κ1) is 18.1. The summed E-state index contributed by atoms with van der Waals surface area (Å²) in [7, 11) is 0. The Morgan fingerprint density at radius 3 is 2.05 bits per heavy atom. The molecule has 0 radical (unpaired) electrons. The zero-order chi connectivity index (χ0) is 15.1. The number of unbranched alkanes of at least 4 members (excludes halogenated alkanes) is 3. The normalized spacial score (nSPS) is 14.0. The SMILES string of the molecule is CC(C)(C)OC(=O)C(CCCCCC=O)C(C)(C)C. The van der Waals surface area contributed by atoms with E-state index in [0.717, 1.165) is 32.0 Å². The van der Waals surface area contributed by atoms with Crippen LogP contribution in [0.5, 0.6) is 0 Å². The fraction of sp³-hybridized carbons (Fsp3) is 0.875. The van der Waals surface area contributed by atoms with Crippen molar-refractivity contribution >= 4 is 12.3 Å². The number of hydrogen-bond acceptors (Lipinski definition) is 3. The number of hydrogen-bond donors (Lipinski definition) is 0. The Labute approximate surface area is 118 Å². The zero-order valence-corrected chi connectivity index (χ0v) is 13.4. The molecule has 1 atom stereocenters. The Morgan fingerprint density at radius 1 is 1.05 bits per heavy atom. The van der Waals surface area contributed by atoms with Gasteiger partial charge in [0.25, 0.3) is 0 Å². The first-order valence-electron chi connectivity index (χ1n) is 7.24. The summed E-state index contributed by atoms with van der Waals surface area (Å²) in [6, 6.07) is 0. The van der Waals surface area contributed by atoms with Crippen molar-refractivity contribution in [2.45, 2.75) is 79.2 Å². The minimum Gasteiger partial charge on any atom is -0.460 e. The van der Waals surface area contributed by atoms with Crippen LogP contribution in [0.1, 0.15) is 73.6 Å². The van der Waals surface area contributed by atoms with Crippen LogP contribution in [0.25, 0.3) is 0 Å². The molecule has 0 aromatic heterocycles. The predicted molar refractivity (Wildman–Crippen MR) is 77.9 cm³/mol. The van der Waals surface area contributed by atoms with E-state index in [2.05, 4.69) is 20.8 Å². The van der Waals surface area contributed by atoms with E-state index in [1.807, 2.05) is 20.8 Å². The molecule has 0 heterocycles. The van der Waals surface area contributed by atoms with E-state index in [0.29, 0.717) is 6.42 Å². The van der Waals surface area contributed by atoms with E-state index in [-0.39, 0.29) is 17.3 Å². The second-order valence-corrected chi connectivity index (χ2v) is 7.26. The summed E-state index contributed by atoms with van der Waals surface area (Å²) in [5.41, 5.74) is -0.523. The topological polar surface area (TPSA) is 43.4 Å². The van der Waals surface area contributed by atoms with Gasteiger partial charge in [0.2, 0.25) is 0 Å². The molecule has 0 rings (SSSR count). The summed E-state index contributed by atoms with van der Waals surface area (Å²) < 4.78 is 5.51. The van der Waals surface area contributed by atoms with E-state index >= 15 is 0 Å². The van der Waals surface area contributed by atoms with Gasteiger partial charge >= 0.3 is 5.97 Å². The molecule has 3 heteroatoms. The van der Waals surface area contributed by atoms with Crippen molar-refractivity contribution in [3.63, 3.8) is 0 Å². The van der Waals surface area contributed by atoms with E-state index in [1.165, 1.54) is 0 Å². The Kier molecular flexibility index (Phi) is 7.32. The van der Waals surface area contributed by atoms with Crippen molar-refractivity contribution in [2.24, 2.45) is 11.3 Å². The quantitative estimate of drug-likeness (QED) is 0.397. The van der Waals surface area contributed by atoms with Crippen molar-refractivity contribution in [3.8, 4) is 0 Å². The number of ether oxygens (including phenoxy) is 1. The average Bonchev–Trinajstić information content (AvgIpc) is 2.18. The second kappa shape index (κ2) is 7.66. The first-order chi connectivity index (χ1) is 8.58. The lowest BCUT2D eigenvalue weighted by molar-refractivity contribution is -0.164. The van der Waals surface area contributed by atoms with Crippen LogP contribution in [0, 0.1) is 11.3 Å². The first-order valence-corrected chi connectivity index (χ1v) is 7.24. The van der Waals surface area contributed by atoms with E-state index in [4.69, 9.17) is 4.74 Å². The van der Waals surface area contributed by atoms with Gasteiger partial charge in [-0.3, -0.25) is 4.79 Å². The lowest BCUT2D eigenvalue weighted by Crippen LogP contribution is -2.35. The number of aldehydes is 1. The maximum atomic E-state index is 12.2. The van der Waals surface area contributed by atoms with Crippen LogP contribution in [-0.4, -0.2) is 17.9 Å². The smallest absolute Gasteiger partial charge is 0.309 e. The Hall–Kier alpha value is -0.860. The van der Waals surface area contributed by atoms with E-state index in [1.54, 1.807) is 0 Å².